The lowest BCUT2D eigenvalue weighted by molar-refractivity contribution is 0.695. The average molecular weight is 345 g/mol. The van der Waals surface area contributed by atoms with Gasteiger partial charge in [-0.25, -0.2) is 0 Å². The summed E-state index contributed by atoms with van der Waals surface area (Å²) in [6.45, 7) is 3.93. The number of hydrogen-bond acceptors (Lipinski definition) is 2. The number of halogens is 2. The van der Waals surface area contributed by atoms with Gasteiger partial charge >= 0.3 is 0 Å². The van der Waals surface area contributed by atoms with Crippen molar-refractivity contribution in [1.82, 2.24) is 5.32 Å². The number of rotatable bonds is 5. The van der Waals surface area contributed by atoms with Crippen LogP contribution in [0.1, 0.15) is 22.9 Å². The summed E-state index contributed by atoms with van der Waals surface area (Å²) < 4.78 is 1.10. The smallest absolute Gasteiger partial charge is 0.0410 e. The minimum atomic E-state index is 0.778. The zero-order valence-electron chi connectivity index (χ0n) is 10.2. The maximum Gasteiger partial charge on any atom is 0.0410 e. The van der Waals surface area contributed by atoms with E-state index in [0.717, 1.165) is 29.0 Å². The molecule has 0 aliphatic heterocycles. The molecule has 0 unspecified atom stereocenters. The first-order valence-electron chi connectivity index (χ1n) is 5.90. The molecule has 4 heteroatoms. The molecule has 1 aromatic carbocycles. The zero-order chi connectivity index (χ0) is 13.0. The maximum absolute atomic E-state index is 6.00. The Morgan fingerprint density at radius 1 is 1.22 bits per heavy atom. The third-order valence-electron chi connectivity index (χ3n) is 2.83. The minimum Gasteiger partial charge on any atom is -0.308 e. The highest BCUT2D eigenvalue weighted by Gasteiger charge is 2.04. The van der Waals surface area contributed by atoms with E-state index in [1.54, 1.807) is 0 Å². The number of nitrogens with one attached hydrogen (secondary N) is 1. The van der Waals surface area contributed by atoms with Crippen molar-refractivity contribution >= 4 is 38.9 Å². The van der Waals surface area contributed by atoms with E-state index < -0.39 is 0 Å². The molecule has 1 nitrogen and oxygen atoms in total. The van der Waals surface area contributed by atoms with E-state index in [1.807, 2.05) is 29.5 Å². The van der Waals surface area contributed by atoms with E-state index in [0.29, 0.717) is 0 Å². The van der Waals surface area contributed by atoms with Crippen LogP contribution in [-0.2, 0) is 19.5 Å². The van der Waals surface area contributed by atoms with Crippen LogP contribution in [0.25, 0.3) is 0 Å². The molecule has 0 aliphatic carbocycles. The third-order valence-corrected chi connectivity index (χ3v) is 4.80. The van der Waals surface area contributed by atoms with Gasteiger partial charge < -0.3 is 5.32 Å². The van der Waals surface area contributed by atoms with Gasteiger partial charge in [0.15, 0.2) is 0 Å². The fourth-order valence-corrected chi connectivity index (χ4v) is 3.35. The molecule has 1 N–H and O–H groups in total. The highest BCUT2D eigenvalue weighted by Crippen LogP contribution is 2.22. The topological polar surface area (TPSA) is 12.0 Å². The summed E-state index contributed by atoms with van der Waals surface area (Å²) in [5.41, 5.74) is 2.63. The van der Waals surface area contributed by atoms with Gasteiger partial charge in [0.1, 0.15) is 0 Å². The molecule has 0 atom stereocenters. The number of aryl methyl sites for hydroxylation is 1. The lowest BCUT2D eigenvalue weighted by Crippen LogP contribution is -2.13. The summed E-state index contributed by atoms with van der Waals surface area (Å²) in [5, 5.41) is 6.40. The van der Waals surface area contributed by atoms with Gasteiger partial charge in [0, 0.05) is 27.5 Å². The van der Waals surface area contributed by atoms with Crippen LogP contribution in [-0.4, -0.2) is 0 Å². The van der Waals surface area contributed by atoms with Crippen molar-refractivity contribution in [3.8, 4) is 0 Å². The Hall–Kier alpha value is -0.350. The predicted molar refractivity (Wildman–Crippen MR) is 83.4 cm³/mol. The Balaban J connectivity index is 1.94. The van der Waals surface area contributed by atoms with E-state index in [2.05, 4.69) is 39.6 Å². The zero-order valence-corrected chi connectivity index (χ0v) is 13.3. The largest absolute Gasteiger partial charge is 0.308 e. The van der Waals surface area contributed by atoms with Crippen molar-refractivity contribution in [2.24, 2.45) is 0 Å². The monoisotopic (exact) mass is 343 g/mol. The van der Waals surface area contributed by atoms with E-state index in [4.69, 9.17) is 11.6 Å². The summed E-state index contributed by atoms with van der Waals surface area (Å²) in [6, 6.07) is 8.08. The lowest BCUT2D eigenvalue weighted by Gasteiger charge is -2.07. The normalized spacial score (nSPS) is 10.8. The lowest BCUT2D eigenvalue weighted by atomic mass is 10.2. The van der Waals surface area contributed by atoms with Crippen molar-refractivity contribution in [2.75, 3.05) is 0 Å². The Morgan fingerprint density at radius 3 is 2.83 bits per heavy atom. The molecule has 0 saturated heterocycles. The molecular weight excluding hydrogens is 330 g/mol. The van der Waals surface area contributed by atoms with E-state index in [-0.39, 0.29) is 0 Å². The molecule has 1 heterocycles. The van der Waals surface area contributed by atoms with Crippen molar-refractivity contribution in [2.45, 2.75) is 26.4 Å². The van der Waals surface area contributed by atoms with Crippen LogP contribution in [0.3, 0.4) is 0 Å². The van der Waals surface area contributed by atoms with Crippen LogP contribution >= 0.6 is 38.9 Å². The quantitative estimate of drug-likeness (QED) is 0.803. The Morgan fingerprint density at radius 2 is 2.06 bits per heavy atom. The van der Waals surface area contributed by atoms with Gasteiger partial charge in [0.05, 0.1) is 0 Å². The highest BCUT2D eigenvalue weighted by atomic mass is 79.9. The van der Waals surface area contributed by atoms with Crippen LogP contribution < -0.4 is 5.32 Å². The van der Waals surface area contributed by atoms with E-state index >= 15 is 0 Å². The van der Waals surface area contributed by atoms with Crippen LogP contribution in [0.15, 0.2) is 34.1 Å². The van der Waals surface area contributed by atoms with Gasteiger partial charge in [-0.05, 0) is 47.2 Å². The molecule has 2 rings (SSSR count). The second-order valence-corrected chi connectivity index (χ2v) is 6.35. The van der Waals surface area contributed by atoms with Crippen LogP contribution in [0.2, 0.25) is 5.02 Å². The summed E-state index contributed by atoms with van der Waals surface area (Å²) in [4.78, 5) is 1.43. The molecule has 0 bridgehead atoms. The molecule has 0 radical (unpaired) electrons. The molecule has 2 aromatic rings. The Kier molecular flexibility index (Phi) is 5.25. The number of hydrogen-bond donors (Lipinski definition) is 1. The fraction of sp³-hybridized carbons (Fsp3) is 0.286. The SMILES string of the molecule is CCc1ccsc1CNCc1cc(Cl)ccc1Br. The van der Waals surface area contributed by atoms with Crippen molar-refractivity contribution in [3.63, 3.8) is 0 Å². The first-order chi connectivity index (χ1) is 8.70. The average Bonchev–Trinajstić information content (AvgIpc) is 2.81. The summed E-state index contributed by atoms with van der Waals surface area (Å²) in [7, 11) is 0. The summed E-state index contributed by atoms with van der Waals surface area (Å²) in [5.74, 6) is 0. The number of thiophene rings is 1. The molecule has 0 fully saturated rings. The molecule has 1 aromatic heterocycles. The standard InChI is InChI=1S/C14H15BrClNS/c1-2-10-5-6-18-14(10)9-17-8-11-7-12(16)3-4-13(11)15/h3-7,17H,2,8-9H2,1H3. The van der Waals surface area contributed by atoms with Crippen molar-refractivity contribution < 1.29 is 0 Å². The Labute approximate surface area is 125 Å². The third kappa shape index (κ3) is 3.58. The molecule has 96 valence electrons. The van der Waals surface area contributed by atoms with Gasteiger partial charge in [0.2, 0.25) is 0 Å². The summed E-state index contributed by atoms with van der Waals surface area (Å²) >= 11 is 11.4. The minimum absolute atomic E-state index is 0.778. The second kappa shape index (κ2) is 6.71. The fourth-order valence-electron chi connectivity index (χ4n) is 1.83. The van der Waals surface area contributed by atoms with Gasteiger partial charge in [-0.3, -0.25) is 0 Å². The van der Waals surface area contributed by atoms with Crippen molar-refractivity contribution in [3.05, 3.63) is 55.1 Å². The van der Waals surface area contributed by atoms with Crippen LogP contribution in [0.5, 0.6) is 0 Å². The van der Waals surface area contributed by atoms with Gasteiger partial charge in [-0.1, -0.05) is 34.5 Å². The summed E-state index contributed by atoms with van der Waals surface area (Å²) in [6.07, 6.45) is 1.10. The molecule has 18 heavy (non-hydrogen) atoms. The van der Waals surface area contributed by atoms with E-state index in [1.165, 1.54) is 16.0 Å². The highest BCUT2D eigenvalue weighted by molar-refractivity contribution is 9.10. The maximum atomic E-state index is 6.00. The molecule has 0 saturated carbocycles. The second-order valence-electron chi connectivity index (χ2n) is 4.06. The predicted octanol–water partition coefficient (Wildman–Crippen LogP) is 5.02. The van der Waals surface area contributed by atoms with Gasteiger partial charge in [-0.15, -0.1) is 11.3 Å². The molecular formula is C14H15BrClNS. The first kappa shape index (κ1) is 14.1. The molecule has 0 amide bonds. The Bertz CT molecular complexity index is 524. The first-order valence-corrected chi connectivity index (χ1v) is 7.95. The molecule has 0 aliphatic rings. The van der Waals surface area contributed by atoms with Gasteiger partial charge in [0.25, 0.3) is 0 Å². The van der Waals surface area contributed by atoms with Crippen LogP contribution in [0, 0.1) is 0 Å². The van der Waals surface area contributed by atoms with Gasteiger partial charge in [-0.2, -0.15) is 0 Å². The molecule has 0 spiro atoms. The van der Waals surface area contributed by atoms with E-state index in [9.17, 15) is 0 Å². The van der Waals surface area contributed by atoms with Crippen LogP contribution in [0.4, 0.5) is 0 Å². The number of benzene rings is 1. The van der Waals surface area contributed by atoms with Crippen molar-refractivity contribution in [1.29, 1.82) is 0 Å².